The molecule has 0 atom stereocenters. The van der Waals surface area contributed by atoms with E-state index in [1.165, 1.54) is 23.5 Å². The minimum absolute atomic E-state index is 0.0955. The molecule has 0 saturated carbocycles. The molecule has 31 heavy (non-hydrogen) atoms. The molecule has 2 aromatic carbocycles. The largest absolute Gasteiger partial charge is 0.306 e. The Bertz CT molecular complexity index is 1220. The standard InChI is InChI=1S/C23H26N4O3S/c1-16(2)26(3)31(29,30)19-12-7-9-17(15-19)23(28)24-22-20-13-8-14-21(20)25-27(22)18-10-5-4-6-11-18/h4-7,9-12,15-16H,8,13-14H2,1-3H3,(H,24,28). The quantitative estimate of drug-likeness (QED) is 0.637. The van der Waals surface area contributed by atoms with Crippen molar-refractivity contribution < 1.29 is 13.2 Å². The lowest BCUT2D eigenvalue weighted by Gasteiger charge is -2.21. The lowest BCUT2D eigenvalue weighted by atomic mass is 10.2. The normalized spacial score (nSPS) is 13.6. The maximum atomic E-state index is 13.1. The molecule has 0 aliphatic heterocycles. The van der Waals surface area contributed by atoms with E-state index >= 15 is 0 Å². The number of para-hydroxylation sites is 1. The van der Waals surface area contributed by atoms with Crippen LogP contribution in [-0.4, -0.2) is 41.5 Å². The smallest absolute Gasteiger partial charge is 0.256 e. The molecule has 0 saturated heterocycles. The van der Waals surface area contributed by atoms with Crippen molar-refractivity contribution in [1.82, 2.24) is 14.1 Å². The van der Waals surface area contributed by atoms with Gasteiger partial charge in [0.15, 0.2) is 0 Å². The minimum Gasteiger partial charge on any atom is -0.306 e. The fraction of sp³-hybridized carbons (Fsp3) is 0.304. The third-order valence-corrected chi connectivity index (χ3v) is 7.67. The average Bonchev–Trinajstić information content (AvgIpc) is 3.36. The topological polar surface area (TPSA) is 84.3 Å². The molecule has 1 aliphatic rings. The maximum Gasteiger partial charge on any atom is 0.256 e. The van der Waals surface area contributed by atoms with Gasteiger partial charge in [-0.05, 0) is 63.4 Å². The Hall–Kier alpha value is -2.97. The Labute approximate surface area is 182 Å². The third kappa shape index (κ3) is 4.00. The van der Waals surface area contributed by atoms with Crippen LogP contribution in [0, 0.1) is 0 Å². The van der Waals surface area contributed by atoms with Gasteiger partial charge in [0.05, 0.1) is 16.3 Å². The van der Waals surface area contributed by atoms with Crippen molar-refractivity contribution in [3.63, 3.8) is 0 Å². The molecule has 1 amide bonds. The van der Waals surface area contributed by atoms with Gasteiger partial charge in [-0.3, -0.25) is 4.79 Å². The van der Waals surface area contributed by atoms with Gasteiger partial charge in [-0.1, -0.05) is 24.3 Å². The van der Waals surface area contributed by atoms with Crippen LogP contribution < -0.4 is 5.32 Å². The van der Waals surface area contributed by atoms with E-state index in [2.05, 4.69) is 5.32 Å². The van der Waals surface area contributed by atoms with Crippen LogP contribution in [0.25, 0.3) is 5.69 Å². The predicted octanol–water partition coefficient (Wildman–Crippen LogP) is 3.64. The molecular weight excluding hydrogens is 412 g/mol. The number of amides is 1. The van der Waals surface area contributed by atoms with Gasteiger partial charge in [0.1, 0.15) is 5.82 Å². The number of aryl methyl sites for hydroxylation is 1. The number of benzene rings is 2. The van der Waals surface area contributed by atoms with E-state index in [1.807, 2.05) is 30.3 Å². The van der Waals surface area contributed by atoms with Gasteiger partial charge in [-0.25, -0.2) is 13.1 Å². The van der Waals surface area contributed by atoms with Crippen LogP contribution >= 0.6 is 0 Å². The minimum atomic E-state index is -3.68. The molecule has 0 bridgehead atoms. The second-order valence-electron chi connectivity index (χ2n) is 7.97. The number of nitrogens with zero attached hydrogens (tertiary/aromatic N) is 3. The van der Waals surface area contributed by atoms with Crippen molar-refractivity contribution in [3.8, 4) is 5.69 Å². The average molecular weight is 439 g/mol. The van der Waals surface area contributed by atoms with Crippen LogP contribution in [0.1, 0.15) is 41.9 Å². The summed E-state index contributed by atoms with van der Waals surface area (Å²) in [6.45, 7) is 3.61. The first-order chi connectivity index (χ1) is 14.8. The molecule has 0 fully saturated rings. The molecular formula is C23H26N4O3S. The lowest BCUT2D eigenvalue weighted by Crippen LogP contribution is -2.33. The molecule has 1 aliphatic carbocycles. The summed E-state index contributed by atoms with van der Waals surface area (Å²) in [7, 11) is -2.15. The van der Waals surface area contributed by atoms with Crippen molar-refractivity contribution in [2.24, 2.45) is 0 Å². The second kappa shape index (κ2) is 8.28. The number of hydrogen-bond acceptors (Lipinski definition) is 4. The van der Waals surface area contributed by atoms with Crippen LogP contribution in [0.4, 0.5) is 5.82 Å². The number of nitrogens with one attached hydrogen (secondary N) is 1. The molecule has 1 N–H and O–H groups in total. The molecule has 0 spiro atoms. The second-order valence-corrected chi connectivity index (χ2v) is 9.97. The highest BCUT2D eigenvalue weighted by atomic mass is 32.2. The molecule has 1 aromatic heterocycles. The summed E-state index contributed by atoms with van der Waals surface area (Å²) >= 11 is 0. The molecule has 1 heterocycles. The predicted molar refractivity (Wildman–Crippen MR) is 120 cm³/mol. The number of rotatable bonds is 6. The van der Waals surface area contributed by atoms with Crippen LogP contribution in [0.5, 0.6) is 0 Å². The number of fused-ring (bicyclic) bond motifs is 1. The molecule has 162 valence electrons. The van der Waals surface area contributed by atoms with Gasteiger partial charge < -0.3 is 5.32 Å². The van der Waals surface area contributed by atoms with E-state index in [1.54, 1.807) is 30.7 Å². The van der Waals surface area contributed by atoms with Crippen molar-refractivity contribution in [2.75, 3.05) is 12.4 Å². The molecule has 7 nitrogen and oxygen atoms in total. The molecule has 0 radical (unpaired) electrons. The van der Waals surface area contributed by atoms with Crippen LogP contribution in [0.3, 0.4) is 0 Å². The Morgan fingerprint density at radius 2 is 1.84 bits per heavy atom. The molecule has 3 aromatic rings. The van der Waals surface area contributed by atoms with Crippen molar-refractivity contribution in [3.05, 3.63) is 71.4 Å². The van der Waals surface area contributed by atoms with E-state index in [0.717, 1.165) is 36.2 Å². The number of sulfonamides is 1. The highest BCUT2D eigenvalue weighted by Crippen LogP contribution is 2.31. The van der Waals surface area contributed by atoms with Crippen molar-refractivity contribution in [1.29, 1.82) is 0 Å². The lowest BCUT2D eigenvalue weighted by molar-refractivity contribution is 0.102. The van der Waals surface area contributed by atoms with Crippen LogP contribution in [0.15, 0.2) is 59.5 Å². The van der Waals surface area contributed by atoms with E-state index in [-0.39, 0.29) is 22.4 Å². The summed E-state index contributed by atoms with van der Waals surface area (Å²) in [5.41, 5.74) is 3.18. The van der Waals surface area contributed by atoms with E-state index < -0.39 is 10.0 Å². The zero-order valence-corrected chi connectivity index (χ0v) is 18.7. The van der Waals surface area contributed by atoms with Gasteiger partial charge in [0.2, 0.25) is 10.0 Å². The maximum absolute atomic E-state index is 13.1. The number of anilines is 1. The monoisotopic (exact) mass is 438 g/mol. The van der Waals surface area contributed by atoms with Crippen molar-refractivity contribution >= 4 is 21.7 Å². The summed E-state index contributed by atoms with van der Waals surface area (Å²) in [6, 6.07) is 15.6. The van der Waals surface area contributed by atoms with Crippen molar-refractivity contribution in [2.45, 2.75) is 44.0 Å². The fourth-order valence-corrected chi connectivity index (χ4v) is 5.11. The zero-order chi connectivity index (χ0) is 22.2. The van der Waals surface area contributed by atoms with E-state index in [0.29, 0.717) is 5.82 Å². The van der Waals surface area contributed by atoms with E-state index in [9.17, 15) is 13.2 Å². The third-order valence-electron chi connectivity index (χ3n) is 5.64. The Morgan fingerprint density at radius 3 is 2.55 bits per heavy atom. The highest BCUT2D eigenvalue weighted by Gasteiger charge is 2.26. The summed E-state index contributed by atoms with van der Waals surface area (Å²) in [5, 5.41) is 7.70. The number of carbonyl (C=O) groups excluding carboxylic acids is 1. The Balaban J connectivity index is 1.68. The molecule has 0 unspecified atom stereocenters. The number of aromatic nitrogens is 2. The SMILES string of the molecule is CC(C)N(C)S(=O)(=O)c1cccc(C(=O)Nc2c3c(nn2-c2ccccc2)CCC3)c1. The Kier molecular flexibility index (Phi) is 5.68. The summed E-state index contributed by atoms with van der Waals surface area (Å²) in [5.74, 6) is 0.285. The van der Waals surface area contributed by atoms with Crippen LogP contribution in [0.2, 0.25) is 0 Å². The van der Waals surface area contributed by atoms with Crippen LogP contribution in [-0.2, 0) is 22.9 Å². The molecule has 4 rings (SSSR count). The zero-order valence-electron chi connectivity index (χ0n) is 17.9. The summed E-state index contributed by atoms with van der Waals surface area (Å²) in [4.78, 5) is 13.2. The van der Waals surface area contributed by atoms with Gasteiger partial charge in [0, 0.05) is 24.2 Å². The summed E-state index contributed by atoms with van der Waals surface area (Å²) in [6.07, 6.45) is 2.74. The van der Waals surface area contributed by atoms with Gasteiger partial charge in [-0.2, -0.15) is 9.40 Å². The fourth-order valence-electron chi connectivity index (χ4n) is 3.70. The number of hydrogen-bond donors (Lipinski definition) is 1. The first-order valence-corrected chi connectivity index (χ1v) is 11.8. The summed E-state index contributed by atoms with van der Waals surface area (Å²) < 4.78 is 28.7. The van der Waals surface area contributed by atoms with E-state index in [4.69, 9.17) is 5.10 Å². The number of carbonyl (C=O) groups is 1. The first-order valence-electron chi connectivity index (χ1n) is 10.3. The van der Waals surface area contributed by atoms with Gasteiger partial charge >= 0.3 is 0 Å². The van der Waals surface area contributed by atoms with Gasteiger partial charge in [-0.15, -0.1) is 0 Å². The highest BCUT2D eigenvalue weighted by molar-refractivity contribution is 7.89. The Morgan fingerprint density at radius 1 is 1.10 bits per heavy atom. The first kappa shape index (κ1) is 21.3. The van der Waals surface area contributed by atoms with Gasteiger partial charge in [0.25, 0.3) is 5.91 Å². The molecule has 8 heteroatoms.